The predicted molar refractivity (Wildman–Crippen MR) is 38.1 cm³/mol. The van der Waals surface area contributed by atoms with Crippen molar-refractivity contribution < 1.29 is 27.9 Å². The fraction of sp³-hybridized carbons (Fsp3) is 0.429. The summed E-state index contributed by atoms with van der Waals surface area (Å²) in [6, 6.07) is 0. The lowest BCUT2D eigenvalue weighted by Crippen LogP contribution is -2.37. The molecule has 1 aliphatic heterocycles. The number of aliphatic carboxylic acids is 1. The molecule has 0 spiro atoms. The van der Waals surface area contributed by atoms with Crippen LogP contribution in [0.5, 0.6) is 0 Å². The molecular formula is C7H6F3NO3. The van der Waals surface area contributed by atoms with Crippen LogP contribution in [0, 0.1) is 0 Å². The first kappa shape index (κ1) is 10.6. The first-order valence-corrected chi connectivity index (χ1v) is 3.66. The highest BCUT2D eigenvalue weighted by Gasteiger charge is 2.41. The van der Waals surface area contributed by atoms with Crippen molar-refractivity contribution in [3.05, 3.63) is 11.3 Å². The summed E-state index contributed by atoms with van der Waals surface area (Å²) < 4.78 is 36.6. The van der Waals surface area contributed by atoms with Gasteiger partial charge in [-0.3, -0.25) is 4.79 Å². The van der Waals surface area contributed by atoms with Crippen LogP contribution < -0.4 is 5.32 Å². The van der Waals surface area contributed by atoms with E-state index >= 15 is 0 Å². The predicted octanol–water partition coefficient (Wildman–Crippen LogP) is 0.797. The number of carboxylic acids is 1. The van der Waals surface area contributed by atoms with Gasteiger partial charge in [0.25, 0.3) is 0 Å². The number of allylic oxidation sites excluding steroid dienone is 1. The summed E-state index contributed by atoms with van der Waals surface area (Å²) in [5.41, 5.74) is -2.25. The Hall–Kier alpha value is -1.53. The number of nitrogens with one attached hydrogen (secondary N) is 1. The van der Waals surface area contributed by atoms with Gasteiger partial charge in [0, 0.05) is 6.42 Å². The van der Waals surface area contributed by atoms with E-state index in [0.717, 1.165) is 0 Å². The Kier molecular flexibility index (Phi) is 2.50. The first-order valence-electron chi connectivity index (χ1n) is 3.66. The molecule has 0 unspecified atom stereocenters. The second kappa shape index (κ2) is 3.32. The maximum Gasteiger partial charge on any atom is 0.431 e. The van der Waals surface area contributed by atoms with E-state index in [1.54, 1.807) is 0 Å². The highest BCUT2D eigenvalue weighted by atomic mass is 19.4. The van der Waals surface area contributed by atoms with Crippen molar-refractivity contribution >= 4 is 11.9 Å². The van der Waals surface area contributed by atoms with Gasteiger partial charge in [-0.1, -0.05) is 0 Å². The molecule has 1 aliphatic rings. The number of carbonyl (C=O) groups excluding carboxylic acids is 1. The van der Waals surface area contributed by atoms with Gasteiger partial charge in [0.05, 0.1) is 5.57 Å². The van der Waals surface area contributed by atoms with Crippen molar-refractivity contribution in [2.45, 2.75) is 19.0 Å². The molecule has 0 aromatic heterocycles. The minimum atomic E-state index is -4.83. The van der Waals surface area contributed by atoms with E-state index in [4.69, 9.17) is 5.11 Å². The number of alkyl halides is 3. The van der Waals surface area contributed by atoms with E-state index in [9.17, 15) is 22.8 Å². The van der Waals surface area contributed by atoms with Crippen molar-refractivity contribution in [3.63, 3.8) is 0 Å². The number of halogens is 3. The molecule has 0 bridgehead atoms. The molecule has 78 valence electrons. The van der Waals surface area contributed by atoms with Crippen LogP contribution in [0.2, 0.25) is 0 Å². The van der Waals surface area contributed by atoms with Gasteiger partial charge in [-0.05, 0) is 6.42 Å². The number of hydrogen-bond donors (Lipinski definition) is 2. The third kappa shape index (κ3) is 2.04. The van der Waals surface area contributed by atoms with Crippen LogP contribution >= 0.6 is 0 Å². The summed E-state index contributed by atoms with van der Waals surface area (Å²) in [4.78, 5) is 21.1. The molecule has 0 aromatic rings. The molecule has 0 saturated carbocycles. The third-order valence-electron chi connectivity index (χ3n) is 1.71. The monoisotopic (exact) mass is 209 g/mol. The van der Waals surface area contributed by atoms with Crippen molar-refractivity contribution in [3.8, 4) is 0 Å². The van der Waals surface area contributed by atoms with Crippen molar-refractivity contribution in [2.24, 2.45) is 0 Å². The molecule has 1 heterocycles. The maximum atomic E-state index is 12.2. The van der Waals surface area contributed by atoms with Crippen LogP contribution in [0.3, 0.4) is 0 Å². The van der Waals surface area contributed by atoms with Crippen LogP contribution in [0.25, 0.3) is 0 Å². The zero-order valence-electron chi connectivity index (χ0n) is 6.81. The molecule has 0 aromatic carbocycles. The lowest BCUT2D eigenvalue weighted by atomic mass is 10.0. The largest absolute Gasteiger partial charge is 0.478 e. The molecular weight excluding hydrogens is 203 g/mol. The van der Waals surface area contributed by atoms with Gasteiger partial charge < -0.3 is 10.4 Å². The molecule has 14 heavy (non-hydrogen) atoms. The molecule has 0 radical (unpaired) electrons. The molecule has 0 atom stereocenters. The SMILES string of the molecule is O=C1CCC(C(=O)O)=C(C(F)(F)F)N1. The number of rotatable bonds is 1. The lowest BCUT2D eigenvalue weighted by Gasteiger charge is -2.20. The summed E-state index contributed by atoms with van der Waals surface area (Å²) >= 11 is 0. The summed E-state index contributed by atoms with van der Waals surface area (Å²) in [6.07, 6.45) is -5.46. The Bertz CT molecular complexity index is 319. The Morgan fingerprint density at radius 1 is 1.36 bits per heavy atom. The van der Waals surface area contributed by atoms with Gasteiger partial charge in [-0.25, -0.2) is 4.79 Å². The second-order valence-electron chi connectivity index (χ2n) is 2.70. The van der Waals surface area contributed by atoms with Crippen LogP contribution in [-0.2, 0) is 9.59 Å². The van der Waals surface area contributed by atoms with Crippen molar-refractivity contribution in [2.75, 3.05) is 0 Å². The highest BCUT2D eigenvalue weighted by Crippen LogP contribution is 2.30. The Labute approximate surface area is 76.4 Å². The average molecular weight is 209 g/mol. The molecule has 1 rings (SSSR count). The normalized spacial score (nSPS) is 18.1. The minimum Gasteiger partial charge on any atom is -0.478 e. The van der Waals surface area contributed by atoms with Gasteiger partial charge in [-0.15, -0.1) is 0 Å². The maximum absolute atomic E-state index is 12.2. The summed E-state index contributed by atoms with van der Waals surface area (Å²) in [5, 5.41) is 9.97. The smallest absolute Gasteiger partial charge is 0.431 e. The fourth-order valence-electron chi connectivity index (χ4n) is 1.10. The van der Waals surface area contributed by atoms with E-state index < -0.39 is 35.7 Å². The molecule has 0 saturated heterocycles. The quantitative estimate of drug-likeness (QED) is 0.671. The van der Waals surface area contributed by atoms with Gasteiger partial charge in [0.15, 0.2) is 0 Å². The number of amides is 1. The molecule has 4 nitrogen and oxygen atoms in total. The van der Waals surface area contributed by atoms with Gasteiger partial charge in [0.1, 0.15) is 5.70 Å². The second-order valence-corrected chi connectivity index (χ2v) is 2.70. The van der Waals surface area contributed by atoms with Crippen LogP contribution in [0.15, 0.2) is 11.3 Å². The fourth-order valence-corrected chi connectivity index (χ4v) is 1.10. The summed E-state index contributed by atoms with van der Waals surface area (Å²) in [6.45, 7) is 0. The van der Waals surface area contributed by atoms with Crippen molar-refractivity contribution in [1.29, 1.82) is 0 Å². The first-order chi connectivity index (χ1) is 6.32. The zero-order chi connectivity index (χ0) is 10.9. The molecule has 1 amide bonds. The minimum absolute atomic E-state index is 0.235. The lowest BCUT2D eigenvalue weighted by molar-refractivity contribution is -0.136. The van der Waals surface area contributed by atoms with Crippen molar-refractivity contribution in [1.82, 2.24) is 5.32 Å². The van der Waals surface area contributed by atoms with E-state index in [0.29, 0.717) is 0 Å². The number of carboxylic acid groups (broad SMARTS) is 1. The average Bonchev–Trinajstić information content (AvgIpc) is 2.01. The number of carbonyl (C=O) groups is 2. The van der Waals surface area contributed by atoms with Crippen LogP contribution in [-0.4, -0.2) is 23.2 Å². The van der Waals surface area contributed by atoms with E-state index in [-0.39, 0.29) is 6.42 Å². The standard InChI is InChI=1S/C7H6F3NO3/c8-7(9,10)5-3(6(13)14)1-2-4(12)11-5/h1-2H2,(H,11,12)(H,13,14). The van der Waals surface area contributed by atoms with E-state index in [1.165, 1.54) is 5.32 Å². The Morgan fingerprint density at radius 2 is 1.93 bits per heavy atom. The molecule has 2 N–H and O–H groups in total. The van der Waals surface area contributed by atoms with Crippen LogP contribution in [0.4, 0.5) is 13.2 Å². The summed E-state index contributed by atoms with van der Waals surface area (Å²) in [7, 11) is 0. The topological polar surface area (TPSA) is 66.4 Å². The highest BCUT2D eigenvalue weighted by molar-refractivity contribution is 5.92. The molecule has 0 aliphatic carbocycles. The molecule has 7 heteroatoms. The van der Waals surface area contributed by atoms with Gasteiger partial charge in [0.2, 0.25) is 5.91 Å². The van der Waals surface area contributed by atoms with E-state index in [1.807, 2.05) is 0 Å². The Morgan fingerprint density at radius 3 is 2.36 bits per heavy atom. The van der Waals surface area contributed by atoms with Gasteiger partial charge >= 0.3 is 12.1 Å². The summed E-state index contributed by atoms with van der Waals surface area (Å²) in [5.74, 6) is -2.47. The van der Waals surface area contributed by atoms with Crippen LogP contribution in [0.1, 0.15) is 12.8 Å². The van der Waals surface area contributed by atoms with Gasteiger partial charge in [-0.2, -0.15) is 13.2 Å². The Balaban J connectivity index is 3.13. The molecule has 0 fully saturated rings. The third-order valence-corrected chi connectivity index (χ3v) is 1.71. The number of hydrogen-bond acceptors (Lipinski definition) is 2. The zero-order valence-corrected chi connectivity index (χ0v) is 6.81. The van der Waals surface area contributed by atoms with E-state index in [2.05, 4.69) is 0 Å².